The largest absolute Gasteiger partial charge is 0.394 e. The van der Waals surface area contributed by atoms with Gasteiger partial charge in [-0.1, -0.05) is 0 Å². The fourth-order valence-corrected chi connectivity index (χ4v) is 1.80. The summed E-state index contributed by atoms with van der Waals surface area (Å²) in [5.74, 6) is 0. The Kier molecular flexibility index (Phi) is 5.51. The van der Waals surface area contributed by atoms with Crippen molar-refractivity contribution in [3.05, 3.63) is 0 Å². The molecule has 106 valence electrons. The molecule has 0 aromatic carbocycles. The Bertz CT molecular complexity index is 391. The first-order chi connectivity index (χ1) is 7.80. The van der Waals surface area contributed by atoms with Crippen LogP contribution in [0, 0.1) is 0 Å². The highest BCUT2D eigenvalue weighted by Gasteiger charge is 2.45. The molecule has 3 atom stereocenters. The van der Waals surface area contributed by atoms with E-state index in [1.54, 1.807) is 0 Å². The van der Waals surface area contributed by atoms with Crippen LogP contribution in [0.5, 0.6) is 0 Å². The van der Waals surface area contributed by atoms with E-state index in [0.717, 1.165) is 0 Å². The van der Waals surface area contributed by atoms with Gasteiger partial charge in [-0.2, -0.15) is 0 Å². The normalized spacial score (nSPS) is 17.9. The average molecular weight is 308 g/mol. The van der Waals surface area contributed by atoms with Crippen molar-refractivity contribution in [2.75, 3.05) is 0 Å². The van der Waals surface area contributed by atoms with Crippen LogP contribution in [0.1, 0.15) is 0 Å². The third kappa shape index (κ3) is 4.32. The molecule has 0 radical (unpaired) electrons. The SMILES string of the molecule is O=C([C@@H](O)C(O)[C@@H](O)C(=O)P(=O)(O)O)P(=O)(O)O. The monoisotopic (exact) mass is 308 g/mol. The van der Waals surface area contributed by atoms with Gasteiger partial charge in [-0.3, -0.25) is 18.7 Å². The van der Waals surface area contributed by atoms with Gasteiger partial charge in [0.2, 0.25) is 0 Å². The van der Waals surface area contributed by atoms with Crippen molar-refractivity contribution < 1.29 is 53.6 Å². The molecule has 0 saturated heterocycles. The number of aliphatic hydroxyl groups excluding tert-OH is 3. The Hall–Kier alpha value is -0.480. The minimum absolute atomic E-state index is 2.20. The molecule has 0 rings (SSSR count). The predicted octanol–water partition coefficient (Wildman–Crippen LogP) is -3.52. The molecule has 0 aromatic rings. The molecule has 1 unspecified atom stereocenters. The maximum absolute atomic E-state index is 10.8. The van der Waals surface area contributed by atoms with E-state index in [-0.39, 0.29) is 0 Å². The lowest BCUT2D eigenvalue weighted by atomic mass is 10.1. The minimum atomic E-state index is -5.44. The molecular weight excluding hydrogens is 298 g/mol. The summed E-state index contributed by atoms with van der Waals surface area (Å²) in [5, 5.41) is 26.9. The van der Waals surface area contributed by atoms with E-state index in [2.05, 4.69) is 0 Å². The Morgan fingerprint density at radius 1 is 0.722 bits per heavy atom. The third-order valence-corrected chi connectivity index (χ3v) is 3.40. The van der Waals surface area contributed by atoms with Crippen LogP contribution in [0.3, 0.4) is 0 Å². The number of aliphatic hydroxyl groups is 3. The lowest BCUT2D eigenvalue weighted by Gasteiger charge is -2.21. The molecule has 13 heteroatoms. The molecule has 0 bridgehead atoms. The molecule has 0 fully saturated rings. The topological polar surface area (TPSA) is 210 Å². The van der Waals surface area contributed by atoms with E-state index in [4.69, 9.17) is 34.9 Å². The van der Waals surface area contributed by atoms with Crippen molar-refractivity contribution in [1.29, 1.82) is 0 Å². The molecule has 0 aliphatic rings. The second kappa shape index (κ2) is 5.66. The molecule has 0 aromatic heterocycles. The average Bonchev–Trinajstić information content (AvgIpc) is 2.21. The molecular formula is C5H10O11P2. The molecule has 18 heavy (non-hydrogen) atoms. The van der Waals surface area contributed by atoms with Gasteiger partial charge in [0.1, 0.15) is 6.10 Å². The van der Waals surface area contributed by atoms with Crippen LogP contribution in [-0.2, 0) is 18.7 Å². The number of rotatable bonds is 6. The van der Waals surface area contributed by atoms with Crippen molar-refractivity contribution in [1.82, 2.24) is 0 Å². The Morgan fingerprint density at radius 2 is 0.944 bits per heavy atom. The standard InChI is InChI=1S/C5H10O11P2/c6-1(2(7)4(9)17(11,12)13)3(8)5(10)18(14,15)16/h1-3,6-8H,(H2,11,12,13)(H2,14,15,16)/t1?,2-,3+. The van der Waals surface area contributed by atoms with Gasteiger partial charge in [-0.25, -0.2) is 0 Å². The molecule has 0 saturated carbocycles. The highest BCUT2D eigenvalue weighted by atomic mass is 31.2. The smallest absolute Gasteiger partial charge is 0.387 e. The number of hydrogen-bond donors (Lipinski definition) is 7. The van der Waals surface area contributed by atoms with Gasteiger partial charge in [0.05, 0.1) is 0 Å². The maximum Gasteiger partial charge on any atom is 0.394 e. The van der Waals surface area contributed by atoms with Crippen LogP contribution in [-0.4, -0.2) is 64.3 Å². The number of carbonyl (C=O) groups is 2. The summed E-state index contributed by atoms with van der Waals surface area (Å²) in [6.45, 7) is 0. The summed E-state index contributed by atoms with van der Waals surface area (Å²) < 4.78 is 20.8. The van der Waals surface area contributed by atoms with Gasteiger partial charge >= 0.3 is 15.2 Å². The molecule has 0 aliphatic heterocycles. The lowest BCUT2D eigenvalue weighted by Crippen LogP contribution is -2.45. The van der Waals surface area contributed by atoms with Crippen LogP contribution in [0.25, 0.3) is 0 Å². The molecule has 0 spiro atoms. The summed E-state index contributed by atoms with van der Waals surface area (Å²) in [6, 6.07) is 0. The second-order valence-corrected chi connectivity index (χ2v) is 6.20. The molecule has 11 nitrogen and oxygen atoms in total. The van der Waals surface area contributed by atoms with Gasteiger partial charge in [-0.15, -0.1) is 0 Å². The van der Waals surface area contributed by atoms with Gasteiger partial charge < -0.3 is 34.9 Å². The first-order valence-electron chi connectivity index (χ1n) is 4.04. The van der Waals surface area contributed by atoms with Crippen LogP contribution in [0.4, 0.5) is 0 Å². The predicted molar refractivity (Wildman–Crippen MR) is 52.1 cm³/mol. The maximum atomic E-state index is 10.8. The molecule has 7 N–H and O–H groups in total. The second-order valence-electron chi connectivity index (χ2n) is 3.14. The zero-order valence-corrected chi connectivity index (χ0v) is 10.2. The summed E-state index contributed by atoms with van der Waals surface area (Å²) in [6.07, 6.45) is -8.54. The van der Waals surface area contributed by atoms with E-state index in [1.165, 1.54) is 0 Å². The molecule has 0 aliphatic carbocycles. The summed E-state index contributed by atoms with van der Waals surface area (Å²) in [4.78, 5) is 55.0. The third-order valence-electron chi connectivity index (χ3n) is 1.73. The minimum Gasteiger partial charge on any atom is -0.387 e. The van der Waals surface area contributed by atoms with Crippen molar-refractivity contribution in [2.24, 2.45) is 0 Å². The van der Waals surface area contributed by atoms with E-state index in [9.17, 15) is 18.7 Å². The van der Waals surface area contributed by atoms with Crippen molar-refractivity contribution in [3.63, 3.8) is 0 Å². The Labute approximate surface area is 99.0 Å². The van der Waals surface area contributed by atoms with Crippen LogP contribution < -0.4 is 0 Å². The van der Waals surface area contributed by atoms with Crippen LogP contribution in [0.2, 0.25) is 0 Å². The van der Waals surface area contributed by atoms with Crippen molar-refractivity contribution in [2.45, 2.75) is 18.3 Å². The first-order valence-corrected chi connectivity index (χ1v) is 7.26. The number of hydrogen-bond acceptors (Lipinski definition) is 7. The fraction of sp³-hybridized carbons (Fsp3) is 0.600. The van der Waals surface area contributed by atoms with E-state index >= 15 is 0 Å². The Balaban J connectivity index is 5.03. The van der Waals surface area contributed by atoms with Crippen molar-refractivity contribution in [3.8, 4) is 0 Å². The van der Waals surface area contributed by atoms with Gasteiger partial charge in [0.25, 0.3) is 11.0 Å². The van der Waals surface area contributed by atoms with Crippen LogP contribution >= 0.6 is 15.2 Å². The lowest BCUT2D eigenvalue weighted by molar-refractivity contribution is -0.139. The van der Waals surface area contributed by atoms with Gasteiger partial charge in [0, 0.05) is 0 Å². The van der Waals surface area contributed by atoms with E-state index in [0.29, 0.717) is 0 Å². The zero-order chi connectivity index (χ0) is 14.9. The van der Waals surface area contributed by atoms with Crippen LogP contribution in [0.15, 0.2) is 0 Å². The van der Waals surface area contributed by atoms with E-state index in [1.807, 2.05) is 0 Å². The summed E-state index contributed by atoms with van der Waals surface area (Å²) in [7, 11) is -10.9. The fourth-order valence-electron chi connectivity index (χ4n) is 0.809. The molecule has 0 heterocycles. The van der Waals surface area contributed by atoms with E-state index < -0.39 is 44.6 Å². The summed E-state index contributed by atoms with van der Waals surface area (Å²) in [5.41, 5.74) is -4.40. The summed E-state index contributed by atoms with van der Waals surface area (Å²) >= 11 is 0. The Morgan fingerprint density at radius 3 is 1.11 bits per heavy atom. The van der Waals surface area contributed by atoms with Gasteiger partial charge in [-0.05, 0) is 0 Å². The zero-order valence-electron chi connectivity index (χ0n) is 8.39. The quantitative estimate of drug-likeness (QED) is 0.239. The number of carbonyl (C=O) groups excluding carboxylic acids is 2. The highest BCUT2D eigenvalue weighted by molar-refractivity contribution is 7.70. The van der Waals surface area contributed by atoms with Crippen molar-refractivity contribution >= 4 is 26.2 Å². The first kappa shape index (κ1) is 17.5. The highest BCUT2D eigenvalue weighted by Crippen LogP contribution is 2.40. The van der Waals surface area contributed by atoms with Gasteiger partial charge in [0.15, 0.2) is 12.2 Å². The molecule has 0 amide bonds.